The topological polar surface area (TPSA) is 49.3 Å². The van der Waals surface area contributed by atoms with Gasteiger partial charge in [0.15, 0.2) is 0 Å². The van der Waals surface area contributed by atoms with E-state index in [0.29, 0.717) is 6.42 Å². The number of aliphatic hydroxyl groups is 1. The summed E-state index contributed by atoms with van der Waals surface area (Å²) in [5.41, 5.74) is 2.02. The van der Waals surface area contributed by atoms with Crippen LogP contribution in [0.2, 0.25) is 0 Å². The van der Waals surface area contributed by atoms with Crippen molar-refractivity contribution in [1.82, 2.24) is 4.72 Å². The Morgan fingerprint density at radius 3 is 2.33 bits per heavy atom. The van der Waals surface area contributed by atoms with Crippen molar-refractivity contribution in [1.29, 1.82) is 0 Å². The Kier molecular flexibility index (Phi) is 5.67. The molecule has 0 fully saturated rings. The lowest BCUT2D eigenvalue weighted by molar-refractivity contribution is 0.158. The summed E-state index contributed by atoms with van der Waals surface area (Å²) in [5, 5.41) is 10.2. The molecule has 4 heteroatoms. The minimum Gasteiger partial charge on any atom is -0.388 e. The van der Waals surface area contributed by atoms with Crippen molar-refractivity contribution in [3.63, 3.8) is 0 Å². The third-order valence-electron chi connectivity index (χ3n) is 3.30. The zero-order chi connectivity index (χ0) is 15.2. The third-order valence-corrected chi connectivity index (χ3v) is 4.62. The second-order valence-corrected chi connectivity index (χ2v) is 6.51. The maximum atomic E-state index is 12.2. The Bertz CT molecular complexity index is 583. The predicted molar refractivity (Wildman–Crippen MR) is 86.2 cm³/mol. The van der Waals surface area contributed by atoms with Crippen LogP contribution in [0.15, 0.2) is 59.5 Å². The molecule has 21 heavy (non-hydrogen) atoms. The Hall–Kier alpha value is -1.49. The summed E-state index contributed by atoms with van der Waals surface area (Å²) in [6.45, 7) is 3.93. The standard InChI is InChI=1S/C17H21NO2S/c1-13-8-10-16(11-9-13)21(20)18-14(2)12-17(19)15-6-4-3-5-7-15/h3-11,14,17-19H,12H2,1-2H3/t14-,17-,21-/m0/s1. The van der Waals surface area contributed by atoms with Crippen LogP contribution in [0, 0.1) is 6.92 Å². The molecular formula is C17H21NO2S. The Morgan fingerprint density at radius 1 is 1.10 bits per heavy atom. The number of rotatable bonds is 6. The van der Waals surface area contributed by atoms with Crippen LogP contribution < -0.4 is 4.72 Å². The highest BCUT2D eigenvalue weighted by Gasteiger charge is 2.14. The van der Waals surface area contributed by atoms with Crippen molar-refractivity contribution in [2.24, 2.45) is 0 Å². The van der Waals surface area contributed by atoms with Crippen molar-refractivity contribution < 1.29 is 9.32 Å². The first-order valence-electron chi connectivity index (χ1n) is 7.04. The fraction of sp³-hybridized carbons (Fsp3) is 0.294. The molecule has 0 unspecified atom stereocenters. The van der Waals surface area contributed by atoms with Crippen LogP contribution in [0.1, 0.15) is 30.6 Å². The van der Waals surface area contributed by atoms with E-state index in [4.69, 9.17) is 0 Å². The van der Waals surface area contributed by atoms with Crippen molar-refractivity contribution in [2.75, 3.05) is 0 Å². The number of hydrogen-bond acceptors (Lipinski definition) is 2. The van der Waals surface area contributed by atoms with E-state index in [1.54, 1.807) is 0 Å². The molecule has 0 aliphatic heterocycles. The summed E-state index contributed by atoms with van der Waals surface area (Å²) >= 11 is 0. The van der Waals surface area contributed by atoms with Gasteiger partial charge in [-0.05, 0) is 38.0 Å². The van der Waals surface area contributed by atoms with Gasteiger partial charge in [0.25, 0.3) is 0 Å². The average Bonchev–Trinajstić information content (AvgIpc) is 2.48. The van der Waals surface area contributed by atoms with E-state index in [9.17, 15) is 9.32 Å². The molecular weight excluding hydrogens is 282 g/mol. The van der Waals surface area contributed by atoms with Gasteiger partial charge in [-0.2, -0.15) is 0 Å². The summed E-state index contributed by atoms with van der Waals surface area (Å²) < 4.78 is 15.2. The maximum Gasteiger partial charge on any atom is 0.125 e. The van der Waals surface area contributed by atoms with Crippen molar-refractivity contribution >= 4 is 11.0 Å². The number of hydrogen-bond donors (Lipinski definition) is 2. The first-order valence-corrected chi connectivity index (χ1v) is 8.19. The van der Waals surface area contributed by atoms with E-state index < -0.39 is 17.1 Å². The van der Waals surface area contributed by atoms with Gasteiger partial charge in [-0.15, -0.1) is 0 Å². The van der Waals surface area contributed by atoms with Crippen LogP contribution in [0.4, 0.5) is 0 Å². The second-order valence-electron chi connectivity index (χ2n) is 5.26. The van der Waals surface area contributed by atoms with Gasteiger partial charge in [-0.25, -0.2) is 8.93 Å². The molecule has 2 aromatic rings. The predicted octanol–water partition coefficient (Wildman–Crippen LogP) is 3.12. The zero-order valence-electron chi connectivity index (χ0n) is 12.3. The van der Waals surface area contributed by atoms with E-state index in [-0.39, 0.29) is 6.04 Å². The molecule has 3 atom stereocenters. The molecule has 0 saturated heterocycles. The third kappa shape index (κ3) is 4.77. The molecule has 112 valence electrons. The number of aliphatic hydroxyl groups excluding tert-OH is 1. The summed E-state index contributed by atoms with van der Waals surface area (Å²) in [6, 6.07) is 17.1. The lowest BCUT2D eigenvalue weighted by Gasteiger charge is -2.17. The molecule has 0 aliphatic carbocycles. The second kappa shape index (κ2) is 7.50. The minimum absolute atomic E-state index is 0.0534. The van der Waals surface area contributed by atoms with Crippen molar-refractivity contribution in [2.45, 2.75) is 37.3 Å². The van der Waals surface area contributed by atoms with E-state index in [2.05, 4.69) is 4.72 Å². The highest BCUT2D eigenvalue weighted by molar-refractivity contribution is 7.83. The molecule has 0 amide bonds. The van der Waals surface area contributed by atoms with E-state index in [0.717, 1.165) is 16.0 Å². The SMILES string of the molecule is Cc1ccc([S@](=O)N[C@@H](C)C[C@H](O)c2ccccc2)cc1. The van der Waals surface area contributed by atoms with Crippen LogP contribution >= 0.6 is 0 Å². The smallest absolute Gasteiger partial charge is 0.125 e. The van der Waals surface area contributed by atoms with Gasteiger partial charge in [0.05, 0.1) is 11.0 Å². The molecule has 2 aromatic carbocycles. The fourth-order valence-electron chi connectivity index (χ4n) is 2.11. The van der Waals surface area contributed by atoms with Gasteiger partial charge in [0.1, 0.15) is 11.0 Å². The molecule has 0 aliphatic rings. The number of nitrogens with one attached hydrogen (secondary N) is 1. The molecule has 0 radical (unpaired) electrons. The van der Waals surface area contributed by atoms with Crippen LogP contribution in [0.3, 0.4) is 0 Å². The first kappa shape index (κ1) is 15.9. The average molecular weight is 303 g/mol. The summed E-state index contributed by atoms with van der Waals surface area (Å²) in [7, 11) is -1.26. The lowest BCUT2D eigenvalue weighted by Crippen LogP contribution is -2.29. The van der Waals surface area contributed by atoms with Gasteiger partial charge >= 0.3 is 0 Å². The maximum absolute atomic E-state index is 12.2. The minimum atomic E-state index is -1.26. The van der Waals surface area contributed by atoms with Crippen LogP contribution in [-0.4, -0.2) is 15.4 Å². The van der Waals surface area contributed by atoms with Crippen LogP contribution in [0.25, 0.3) is 0 Å². The quantitative estimate of drug-likeness (QED) is 0.861. The Labute approximate surface area is 128 Å². The van der Waals surface area contributed by atoms with Crippen LogP contribution in [-0.2, 0) is 11.0 Å². The zero-order valence-corrected chi connectivity index (χ0v) is 13.1. The number of aryl methyl sites for hydroxylation is 1. The first-order chi connectivity index (χ1) is 10.1. The van der Waals surface area contributed by atoms with Crippen LogP contribution in [0.5, 0.6) is 0 Å². The van der Waals surface area contributed by atoms with Gasteiger partial charge < -0.3 is 5.11 Å². The molecule has 0 bridgehead atoms. The van der Waals surface area contributed by atoms with Crippen molar-refractivity contribution in [3.05, 3.63) is 65.7 Å². The molecule has 3 nitrogen and oxygen atoms in total. The van der Waals surface area contributed by atoms with E-state index in [1.165, 1.54) is 0 Å². The molecule has 2 rings (SSSR count). The Balaban J connectivity index is 1.91. The lowest BCUT2D eigenvalue weighted by atomic mass is 10.0. The molecule has 0 spiro atoms. The monoisotopic (exact) mass is 303 g/mol. The van der Waals surface area contributed by atoms with E-state index >= 15 is 0 Å². The highest BCUT2D eigenvalue weighted by Crippen LogP contribution is 2.18. The van der Waals surface area contributed by atoms with Crippen molar-refractivity contribution in [3.8, 4) is 0 Å². The normalized spacial score (nSPS) is 15.4. The largest absolute Gasteiger partial charge is 0.388 e. The van der Waals surface area contributed by atoms with Gasteiger partial charge in [-0.3, -0.25) is 0 Å². The number of benzene rings is 2. The van der Waals surface area contributed by atoms with E-state index in [1.807, 2.05) is 68.4 Å². The molecule has 0 saturated carbocycles. The summed E-state index contributed by atoms with van der Waals surface area (Å²) in [4.78, 5) is 0.752. The highest BCUT2D eigenvalue weighted by atomic mass is 32.2. The van der Waals surface area contributed by atoms with Gasteiger partial charge in [-0.1, -0.05) is 48.0 Å². The molecule has 0 aromatic heterocycles. The Morgan fingerprint density at radius 2 is 1.71 bits per heavy atom. The van der Waals surface area contributed by atoms with Gasteiger partial charge in [0.2, 0.25) is 0 Å². The fourth-order valence-corrected chi connectivity index (χ4v) is 3.09. The summed E-state index contributed by atoms with van der Waals surface area (Å²) in [5.74, 6) is 0. The van der Waals surface area contributed by atoms with Gasteiger partial charge in [0, 0.05) is 6.04 Å². The summed E-state index contributed by atoms with van der Waals surface area (Å²) in [6.07, 6.45) is -0.0366. The molecule has 2 N–H and O–H groups in total. The molecule has 0 heterocycles.